The molecule has 3 rings (SSSR count). The molecule has 30 heavy (non-hydrogen) atoms. The number of nitrogens with zero attached hydrogens (tertiary/aromatic N) is 3. The van der Waals surface area contributed by atoms with Crippen molar-refractivity contribution in [3.8, 4) is 17.2 Å². The van der Waals surface area contributed by atoms with Crippen molar-refractivity contribution in [1.82, 2.24) is 9.78 Å². The predicted octanol–water partition coefficient (Wildman–Crippen LogP) is 3.83. The molecule has 9 heteroatoms. The van der Waals surface area contributed by atoms with Gasteiger partial charge in [0.1, 0.15) is 0 Å². The number of carbonyl (C=O) groups excluding carboxylic acids is 1. The van der Waals surface area contributed by atoms with Crippen molar-refractivity contribution >= 4 is 11.6 Å². The van der Waals surface area contributed by atoms with Gasteiger partial charge in [0.15, 0.2) is 5.60 Å². The molecule has 0 unspecified atom stereocenters. The van der Waals surface area contributed by atoms with Gasteiger partial charge in [-0.25, -0.2) is 0 Å². The second-order valence-corrected chi connectivity index (χ2v) is 6.89. The predicted molar refractivity (Wildman–Crippen MR) is 103 cm³/mol. The molecule has 6 nitrogen and oxygen atoms in total. The van der Waals surface area contributed by atoms with E-state index in [9.17, 15) is 23.1 Å². The number of alkyl halides is 3. The first-order chi connectivity index (χ1) is 14.1. The molecule has 154 valence electrons. The van der Waals surface area contributed by atoms with Crippen LogP contribution in [0.3, 0.4) is 0 Å². The highest BCUT2D eigenvalue weighted by Crippen LogP contribution is 2.33. The third kappa shape index (κ3) is 4.67. The van der Waals surface area contributed by atoms with E-state index in [4.69, 9.17) is 5.26 Å². The van der Waals surface area contributed by atoms with Crippen LogP contribution in [0.2, 0.25) is 0 Å². The lowest BCUT2D eigenvalue weighted by atomic mass is 10.0. The summed E-state index contributed by atoms with van der Waals surface area (Å²) < 4.78 is 40.7. The smallest absolute Gasteiger partial charge is 0.378 e. The molecule has 1 aromatic heterocycles. The number of aromatic nitrogens is 2. The third-order valence-electron chi connectivity index (χ3n) is 4.40. The Hall–Kier alpha value is -3.64. The fourth-order valence-electron chi connectivity index (χ4n) is 2.84. The number of halogens is 3. The summed E-state index contributed by atoms with van der Waals surface area (Å²) in [6.45, 7) is 1.02. The van der Waals surface area contributed by atoms with E-state index >= 15 is 0 Å². The van der Waals surface area contributed by atoms with E-state index in [-0.39, 0.29) is 12.2 Å². The molecule has 0 saturated heterocycles. The Labute approximate surface area is 170 Å². The topological polar surface area (TPSA) is 90.9 Å². The van der Waals surface area contributed by atoms with Gasteiger partial charge in [0.25, 0.3) is 5.91 Å². The highest BCUT2D eigenvalue weighted by Gasteiger charge is 2.35. The molecule has 2 aromatic carbocycles. The van der Waals surface area contributed by atoms with Gasteiger partial charge in [-0.3, -0.25) is 9.48 Å². The van der Waals surface area contributed by atoms with Crippen molar-refractivity contribution in [2.75, 3.05) is 5.32 Å². The second-order valence-electron chi connectivity index (χ2n) is 6.89. The van der Waals surface area contributed by atoms with Gasteiger partial charge in [-0.1, -0.05) is 30.3 Å². The van der Waals surface area contributed by atoms with Gasteiger partial charge in [-0.05, 0) is 30.7 Å². The standard InChI is InChI=1S/C21H17F3N4O2/c1-20(30,13-28-12-16(11-26-28)14-5-3-2-4-6-14)19(29)27-17-8-7-15(10-25)18(9-17)21(22,23)24/h2-9,11-12,30H,13H2,1H3,(H,27,29)/t20-/m0/s1. The molecule has 0 spiro atoms. The molecule has 2 N–H and O–H groups in total. The first kappa shape index (κ1) is 21.1. The minimum Gasteiger partial charge on any atom is -0.378 e. The van der Waals surface area contributed by atoms with Gasteiger partial charge in [0, 0.05) is 17.4 Å². The average molecular weight is 414 g/mol. The van der Waals surface area contributed by atoms with Crippen molar-refractivity contribution < 1.29 is 23.1 Å². The van der Waals surface area contributed by atoms with E-state index < -0.39 is 28.8 Å². The van der Waals surface area contributed by atoms with E-state index in [1.54, 1.807) is 12.4 Å². The molecular formula is C21H17F3N4O2. The van der Waals surface area contributed by atoms with E-state index in [1.165, 1.54) is 23.7 Å². The maximum atomic E-state index is 13.1. The molecular weight excluding hydrogens is 397 g/mol. The summed E-state index contributed by atoms with van der Waals surface area (Å²) in [4.78, 5) is 12.5. The van der Waals surface area contributed by atoms with Crippen molar-refractivity contribution in [2.24, 2.45) is 0 Å². The average Bonchev–Trinajstić information content (AvgIpc) is 3.15. The van der Waals surface area contributed by atoms with Crippen LogP contribution in [0.25, 0.3) is 11.1 Å². The maximum Gasteiger partial charge on any atom is 0.417 e. The fraction of sp³-hybridized carbons (Fsp3) is 0.190. The lowest BCUT2D eigenvalue weighted by Gasteiger charge is -2.22. The van der Waals surface area contributed by atoms with Crippen molar-refractivity contribution in [1.29, 1.82) is 5.26 Å². The van der Waals surface area contributed by atoms with Crippen LogP contribution in [-0.4, -0.2) is 26.4 Å². The van der Waals surface area contributed by atoms with Crippen LogP contribution in [0.1, 0.15) is 18.1 Å². The van der Waals surface area contributed by atoms with Crippen LogP contribution in [0.4, 0.5) is 18.9 Å². The summed E-state index contributed by atoms with van der Waals surface area (Å²) in [5, 5.41) is 25.8. The Morgan fingerprint density at radius 3 is 2.53 bits per heavy atom. The van der Waals surface area contributed by atoms with Crippen LogP contribution >= 0.6 is 0 Å². The molecule has 0 aliphatic rings. The van der Waals surface area contributed by atoms with Gasteiger partial charge < -0.3 is 10.4 Å². The first-order valence-electron chi connectivity index (χ1n) is 8.83. The SMILES string of the molecule is C[C@](O)(Cn1cc(-c2ccccc2)cn1)C(=O)Nc1ccc(C#N)c(C(F)(F)F)c1. The zero-order chi connectivity index (χ0) is 21.9. The van der Waals surface area contributed by atoms with Crippen LogP contribution < -0.4 is 5.32 Å². The number of nitrogens with one attached hydrogen (secondary N) is 1. The Morgan fingerprint density at radius 1 is 1.20 bits per heavy atom. The fourth-order valence-corrected chi connectivity index (χ4v) is 2.84. The number of nitriles is 1. The van der Waals surface area contributed by atoms with E-state index in [1.807, 2.05) is 30.3 Å². The number of anilines is 1. The molecule has 1 atom stereocenters. The minimum absolute atomic E-state index is 0.183. The zero-order valence-corrected chi connectivity index (χ0v) is 15.8. The molecule has 1 heterocycles. The Kier molecular flexibility index (Phi) is 5.62. The Balaban J connectivity index is 1.75. The number of carbonyl (C=O) groups is 1. The number of hydrogen-bond donors (Lipinski definition) is 2. The summed E-state index contributed by atoms with van der Waals surface area (Å²) in [7, 11) is 0. The third-order valence-corrected chi connectivity index (χ3v) is 4.40. The number of hydrogen-bond acceptors (Lipinski definition) is 4. The van der Waals surface area contributed by atoms with E-state index in [0.717, 1.165) is 17.2 Å². The molecule has 1 amide bonds. The molecule has 0 saturated carbocycles. The van der Waals surface area contributed by atoms with E-state index in [0.29, 0.717) is 6.07 Å². The van der Waals surface area contributed by atoms with Gasteiger partial charge in [-0.15, -0.1) is 0 Å². The van der Waals surface area contributed by atoms with Crippen LogP contribution in [0.15, 0.2) is 60.9 Å². The Morgan fingerprint density at radius 2 is 1.90 bits per heavy atom. The second kappa shape index (κ2) is 8.00. The highest BCUT2D eigenvalue weighted by atomic mass is 19.4. The van der Waals surface area contributed by atoms with Crippen LogP contribution in [0.5, 0.6) is 0 Å². The number of aliphatic hydroxyl groups is 1. The van der Waals surface area contributed by atoms with Gasteiger partial charge in [-0.2, -0.15) is 23.5 Å². The van der Waals surface area contributed by atoms with Crippen LogP contribution in [0, 0.1) is 11.3 Å². The van der Waals surface area contributed by atoms with Crippen molar-refractivity contribution in [2.45, 2.75) is 25.2 Å². The molecule has 0 bridgehead atoms. The molecule has 0 aliphatic carbocycles. The molecule has 0 radical (unpaired) electrons. The van der Waals surface area contributed by atoms with Gasteiger partial charge in [0.2, 0.25) is 0 Å². The minimum atomic E-state index is -4.75. The normalized spacial score (nSPS) is 13.3. The lowest BCUT2D eigenvalue weighted by molar-refractivity contribution is -0.138. The summed E-state index contributed by atoms with van der Waals surface area (Å²) in [6.07, 6.45) is -1.52. The number of rotatable bonds is 5. The number of amides is 1. The monoisotopic (exact) mass is 414 g/mol. The zero-order valence-electron chi connectivity index (χ0n) is 15.8. The molecule has 0 aliphatic heterocycles. The quantitative estimate of drug-likeness (QED) is 0.664. The summed E-state index contributed by atoms with van der Waals surface area (Å²) in [5.41, 5.74) is -2.16. The number of benzene rings is 2. The van der Waals surface area contributed by atoms with Crippen molar-refractivity contribution in [3.63, 3.8) is 0 Å². The largest absolute Gasteiger partial charge is 0.417 e. The molecule has 3 aromatic rings. The highest BCUT2D eigenvalue weighted by molar-refractivity contribution is 5.96. The maximum absolute atomic E-state index is 13.1. The van der Waals surface area contributed by atoms with Gasteiger partial charge in [0.05, 0.1) is 29.9 Å². The summed E-state index contributed by atoms with van der Waals surface area (Å²) in [6, 6.07) is 13.6. The summed E-state index contributed by atoms with van der Waals surface area (Å²) in [5.74, 6) is -0.905. The summed E-state index contributed by atoms with van der Waals surface area (Å²) >= 11 is 0. The Bertz CT molecular complexity index is 1100. The van der Waals surface area contributed by atoms with Crippen LogP contribution in [-0.2, 0) is 17.5 Å². The lowest BCUT2D eigenvalue weighted by Crippen LogP contribution is -2.43. The van der Waals surface area contributed by atoms with E-state index in [2.05, 4.69) is 10.4 Å². The van der Waals surface area contributed by atoms with Gasteiger partial charge >= 0.3 is 6.18 Å². The first-order valence-corrected chi connectivity index (χ1v) is 8.83. The van der Waals surface area contributed by atoms with Crippen molar-refractivity contribution in [3.05, 3.63) is 72.1 Å². The molecule has 0 fully saturated rings.